The first-order valence-corrected chi connectivity index (χ1v) is 8.07. The van der Waals surface area contributed by atoms with E-state index in [0.29, 0.717) is 11.8 Å². The third-order valence-electron chi connectivity index (χ3n) is 3.80. The number of sulfonamides is 1. The molecule has 1 aliphatic heterocycles. The van der Waals surface area contributed by atoms with Crippen molar-refractivity contribution in [2.24, 2.45) is 11.8 Å². The van der Waals surface area contributed by atoms with Crippen molar-refractivity contribution in [2.45, 2.75) is 18.2 Å². The molecule has 3 rings (SSSR count). The second-order valence-electron chi connectivity index (χ2n) is 5.52. The largest absolute Gasteiger partial charge is 0.343 e. The quantitative estimate of drug-likeness (QED) is 0.866. The van der Waals surface area contributed by atoms with Gasteiger partial charge >= 0.3 is 6.03 Å². The van der Waals surface area contributed by atoms with Gasteiger partial charge in [0.05, 0.1) is 4.90 Å². The summed E-state index contributed by atoms with van der Waals surface area (Å²) in [7, 11) is -3.81. The Morgan fingerprint density at radius 2 is 1.80 bits per heavy atom. The molecule has 108 valence electrons. The van der Waals surface area contributed by atoms with Crippen molar-refractivity contribution in [1.29, 1.82) is 0 Å². The van der Waals surface area contributed by atoms with Gasteiger partial charge in [0.15, 0.2) is 0 Å². The van der Waals surface area contributed by atoms with E-state index in [1.807, 2.05) is 11.6 Å². The fourth-order valence-electron chi connectivity index (χ4n) is 2.55. The first kappa shape index (κ1) is 13.4. The maximum Gasteiger partial charge on any atom is 0.343 e. The van der Waals surface area contributed by atoms with Crippen molar-refractivity contribution in [3.8, 4) is 0 Å². The zero-order valence-electron chi connectivity index (χ0n) is 11.2. The van der Waals surface area contributed by atoms with Crippen LogP contribution in [0.15, 0.2) is 29.2 Å². The highest BCUT2D eigenvalue weighted by Crippen LogP contribution is 2.44. The molecule has 0 aromatic heterocycles. The Balaban J connectivity index is 1.60. The van der Waals surface area contributed by atoms with E-state index in [1.165, 1.54) is 18.6 Å². The van der Waals surface area contributed by atoms with Gasteiger partial charge in [-0.05, 0) is 37.3 Å². The molecule has 0 radical (unpaired) electrons. The van der Waals surface area contributed by atoms with Crippen LogP contribution >= 0.6 is 0 Å². The molecule has 6 nitrogen and oxygen atoms in total. The van der Waals surface area contributed by atoms with Gasteiger partial charge in [0.25, 0.3) is 10.0 Å². The number of amides is 2. The summed E-state index contributed by atoms with van der Waals surface area (Å²) in [6.45, 7) is 3.49. The van der Waals surface area contributed by atoms with Crippen LogP contribution in [-0.4, -0.2) is 32.5 Å². The Morgan fingerprint density at radius 3 is 2.40 bits per heavy atom. The average Bonchev–Trinajstić information content (AvgIpc) is 2.96. The van der Waals surface area contributed by atoms with Crippen LogP contribution in [0, 0.1) is 18.8 Å². The number of hydrazine groups is 1. The van der Waals surface area contributed by atoms with Gasteiger partial charge in [0.1, 0.15) is 0 Å². The Bertz CT molecular complexity index is 617. The molecule has 1 aliphatic carbocycles. The lowest BCUT2D eigenvalue weighted by Crippen LogP contribution is -2.48. The second kappa shape index (κ2) is 4.75. The maximum absolute atomic E-state index is 12.0. The minimum absolute atomic E-state index is 0.0857. The lowest BCUT2D eigenvalue weighted by atomic mass is 10.2. The van der Waals surface area contributed by atoms with Crippen LogP contribution < -0.4 is 10.1 Å². The third kappa shape index (κ3) is 2.78. The van der Waals surface area contributed by atoms with Crippen LogP contribution in [-0.2, 0) is 10.0 Å². The van der Waals surface area contributed by atoms with E-state index in [9.17, 15) is 13.2 Å². The maximum atomic E-state index is 12.0. The highest BCUT2D eigenvalue weighted by molar-refractivity contribution is 7.90. The van der Waals surface area contributed by atoms with Crippen molar-refractivity contribution in [1.82, 2.24) is 15.2 Å². The van der Waals surface area contributed by atoms with E-state index < -0.39 is 16.1 Å². The monoisotopic (exact) mass is 295 g/mol. The number of carbonyl (C=O) groups is 1. The standard InChI is InChI=1S/C13H17N3O3S/c1-9-2-4-12(5-3-9)20(18,19)15-13(17)14-16-7-10-6-11(10)8-16/h2-5,10-11H,6-8H2,1H3,(H2,14,15,17). The lowest BCUT2D eigenvalue weighted by molar-refractivity contribution is 0.192. The number of rotatable bonds is 3. The molecule has 0 bridgehead atoms. The van der Waals surface area contributed by atoms with E-state index in [-0.39, 0.29) is 4.90 Å². The summed E-state index contributed by atoms with van der Waals surface area (Å²) in [5.41, 5.74) is 3.54. The summed E-state index contributed by atoms with van der Waals surface area (Å²) in [6, 6.07) is 5.65. The number of urea groups is 1. The van der Waals surface area contributed by atoms with E-state index in [1.54, 1.807) is 17.1 Å². The summed E-state index contributed by atoms with van der Waals surface area (Å²) in [5.74, 6) is 1.34. The first-order valence-electron chi connectivity index (χ1n) is 6.59. The minimum Gasteiger partial charge on any atom is -0.270 e. The highest BCUT2D eigenvalue weighted by Gasteiger charge is 2.45. The number of aryl methyl sites for hydroxylation is 1. The highest BCUT2D eigenvalue weighted by atomic mass is 32.2. The van der Waals surface area contributed by atoms with E-state index in [2.05, 4.69) is 5.43 Å². The van der Waals surface area contributed by atoms with Crippen LogP contribution in [0.2, 0.25) is 0 Å². The van der Waals surface area contributed by atoms with Crippen LogP contribution in [0.1, 0.15) is 12.0 Å². The number of nitrogens with zero attached hydrogens (tertiary/aromatic N) is 1. The van der Waals surface area contributed by atoms with Gasteiger partial charge in [-0.1, -0.05) is 17.7 Å². The van der Waals surface area contributed by atoms with Gasteiger partial charge < -0.3 is 0 Å². The lowest BCUT2D eigenvalue weighted by Gasteiger charge is -2.18. The van der Waals surface area contributed by atoms with Gasteiger partial charge in [-0.15, -0.1) is 0 Å². The van der Waals surface area contributed by atoms with Crippen molar-refractivity contribution in [3.63, 3.8) is 0 Å². The number of carbonyl (C=O) groups excluding carboxylic acids is 1. The predicted octanol–water partition coefficient (Wildman–Crippen LogP) is 0.850. The molecule has 7 heteroatoms. The van der Waals surface area contributed by atoms with Crippen molar-refractivity contribution in [3.05, 3.63) is 29.8 Å². The number of hydrogen-bond acceptors (Lipinski definition) is 4. The summed E-state index contributed by atoms with van der Waals surface area (Å²) < 4.78 is 26.0. The smallest absolute Gasteiger partial charge is 0.270 e. The summed E-state index contributed by atoms with van der Waals surface area (Å²) in [4.78, 5) is 11.8. The summed E-state index contributed by atoms with van der Waals surface area (Å²) in [6.07, 6.45) is 1.22. The van der Waals surface area contributed by atoms with Gasteiger partial charge in [-0.25, -0.2) is 22.9 Å². The van der Waals surface area contributed by atoms with E-state index in [0.717, 1.165) is 18.7 Å². The molecule has 2 N–H and O–H groups in total. The zero-order valence-corrected chi connectivity index (χ0v) is 12.0. The molecule has 2 amide bonds. The SMILES string of the molecule is Cc1ccc(S(=O)(=O)NC(=O)NN2CC3CC3C2)cc1. The van der Waals surface area contributed by atoms with Gasteiger partial charge in [-0.2, -0.15) is 0 Å². The molecule has 0 spiro atoms. The molecule has 20 heavy (non-hydrogen) atoms. The van der Waals surface area contributed by atoms with Crippen molar-refractivity contribution >= 4 is 16.1 Å². The van der Waals surface area contributed by atoms with Crippen molar-refractivity contribution in [2.75, 3.05) is 13.1 Å². The Morgan fingerprint density at radius 1 is 1.20 bits per heavy atom. The molecular formula is C13H17N3O3S. The van der Waals surface area contributed by atoms with Crippen molar-refractivity contribution < 1.29 is 13.2 Å². The third-order valence-corrected chi connectivity index (χ3v) is 5.14. The molecule has 2 atom stereocenters. The normalized spacial score (nSPS) is 25.1. The fourth-order valence-corrected chi connectivity index (χ4v) is 3.46. The Hall–Kier alpha value is -1.60. The van der Waals surface area contributed by atoms with Crippen LogP contribution in [0.5, 0.6) is 0 Å². The zero-order chi connectivity index (χ0) is 14.3. The Labute approximate surface area is 118 Å². The van der Waals surface area contributed by atoms with Gasteiger partial charge in [-0.3, -0.25) is 5.43 Å². The summed E-state index contributed by atoms with van der Waals surface area (Å²) in [5, 5.41) is 1.78. The molecule has 1 saturated carbocycles. The molecule has 1 aromatic carbocycles. The molecule has 2 unspecified atom stereocenters. The molecule has 1 heterocycles. The minimum atomic E-state index is -3.81. The van der Waals surface area contributed by atoms with Crippen LogP contribution in [0.4, 0.5) is 4.79 Å². The fraction of sp³-hybridized carbons (Fsp3) is 0.462. The molecule has 1 saturated heterocycles. The van der Waals surface area contributed by atoms with Crippen LogP contribution in [0.3, 0.4) is 0 Å². The number of fused-ring (bicyclic) bond motifs is 1. The van der Waals surface area contributed by atoms with E-state index in [4.69, 9.17) is 0 Å². The summed E-state index contributed by atoms with van der Waals surface area (Å²) >= 11 is 0. The number of hydrogen-bond donors (Lipinski definition) is 2. The molecule has 2 aliphatic rings. The Kier molecular flexibility index (Phi) is 3.18. The molecule has 1 aromatic rings. The predicted molar refractivity (Wildman–Crippen MR) is 73.2 cm³/mol. The number of piperidine rings is 1. The van der Waals surface area contributed by atoms with Crippen LogP contribution in [0.25, 0.3) is 0 Å². The molecular weight excluding hydrogens is 278 g/mol. The molecule has 2 fully saturated rings. The number of nitrogens with one attached hydrogen (secondary N) is 2. The average molecular weight is 295 g/mol. The number of benzene rings is 1. The van der Waals surface area contributed by atoms with Gasteiger partial charge in [0.2, 0.25) is 0 Å². The second-order valence-corrected chi connectivity index (χ2v) is 7.20. The van der Waals surface area contributed by atoms with Gasteiger partial charge in [0, 0.05) is 13.1 Å². The topological polar surface area (TPSA) is 78.5 Å². The first-order chi connectivity index (χ1) is 9.44. The van der Waals surface area contributed by atoms with E-state index >= 15 is 0 Å².